The Hall–Kier alpha value is -6.45. The van der Waals surface area contributed by atoms with Gasteiger partial charge in [-0.3, -0.25) is 14.4 Å². The predicted octanol–water partition coefficient (Wildman–Crippen LogP) is 5.89. The van der Waals surface area contributed by atoms with E-state index in [4.69, 9.17) is 19.9 Å². The summed E-state index contributed by atoms with van der Waals surface area (Å²) in [5.41, 5.74) is 13.6. The Morgan fingerprint density at radius 3 is 2.32 bits per heavy atom. The summed E-state index contributed by atoms with van der Waals surface area (Å²) in [5.74, 6) is -0.0319. The van der Waals surface area contributed by atoms with Crippen LogP contribution in [0.5, 0.6) is 11.6 Å². The van der Waals surface area contributed by atoms with Crippen LogP contribution >= 0.6 is 11.3 Å². The van der Waals surface area contributed by atoms with Crippen LogP contribution in [0.2, 0.25) is 0 Å². The van der Waals surface area contributed by atoms with Gasteiger partial charge >= 0.3 is 0 Å². The average Bonchev–Trinajstić information content (AvgIpc) is 4.11. The van der Waals surface area contributed by atoms with Crippen LogP contribution in [0.25, 0.3) is 21.7 Å². The monoisotopic (exact) mass is 1070 g/mol. The Kier molecular flexibility index (Phi) is 16.3. The quantitative estimate of drug-likeness (QED) is 0.0644. The number of phenolic OH excluding ortho intramolecular Hbond substituents is 1. The third-order valence-electron chi connectivity index (χ3n) is 15.9. The second-order valence-electron chi connectivity index (χ2n) is 22.5. The number of hydrogen-bond donors (Lipinski definition) is 5. The van der Waals surface area contributed by atoms with Crippen molar-refractivity contribution in [3.05, 3.63) is 89.7 Å². The summed E-state index contributed by atoms with van der Waals surface area (Å²) in [6.45, 7) is 13.6. The molecule has 3 amide bonds. The van der Waals surface area contributed by atoms with E-state index < -0.39 is 35.4 Å². The fourth-order valence-corrected chi connectivity index (χ4v) is 12.4. The number of carbonyl (C=O) groups is 3. The number of nitrogens with two attached hydrogens (primary N) is 1. The van der Waals surface area contributed by atoms with E-state index >= 15 is 0 Å². The van der Waals surface area contributed by atoms with Gasteiger partial charge in [0.2, 0.25) is 23.6 Å². The van der Waals surface area contributed by atoms with Gasteiger partial charge in [0.05, 0.1) is 58.4 Å². The molecule has 20 heteroatoms. The summed E-state index contributed by atoms with van der Waals surface area (Å²) in [6, 6.07) is 19.6. The zero-order valence-corrected chi connectivity index (χ0v) is 45.5. The molecule has 1 saturated carbocycles. The first-order valence-electron chi connectivity index (χ1n) is 27.2. The summed E-state index contributed by atoms with van der Waals surface area (Å²) >= 11 is 1.58. The van der Waals surface area contributed by atoms with Crippen LogP contribution < -0.4 is 30.9 Å². The summed E-state index contributed by atoms with van der Waals surface area (Å²) in [4.78, 5) is 59.7. The molecular formula is C57H73N11O8S. The van der Waals surface area contributed by atoms with Gasteiger partial charge in [-0.15, -0.1) is 21.5 Å². The fourth-order valence-electron chi connectivity index (χ4n) is 11.6. The largest absolute Gasteiger partial charge is 0.507 e. The van der Waals surface area contributed by atoms with Crippen molar-refractivity contribution in [1.29, 1.82) is 0 Å². The van der Waals surface area contributed by atoms with Crippen LogP contribution in [0, 0.1) is 12.3 Å². The number of aromatic nitrogens is 4. The summed E-state index contributed by atoms with van der Waals surface area (Å²) in [6.07, 6.45) is 7.00. The van der Waals surface area contributed by atoms with E-state index in [-0.39, 0.29) is 67.7 Å². The number of amides is 3. The third-order valence-corrected chi connectivity index (χ3v) is 16.9. The number of aliphatic hydroxyl groups is 1. The maximum absolute atomic E-state index is 14.2. The van der Waals surface area contributed by atoms with E-state index in [1.807, 2.05) is 88.8 Å². The number of pyridine rings is 1. The molecule has 0 radical (unpaired) electrons. The van der Waals surface area contributed by atoms with Crippen molar-refractivity contribution in [2.24, 2.45) is 5.41 Å². The minimum atomic E-state index is -0.945. The first kappa shape index (κ1) is 53.9. The highest BCUT2D eigenvalue weighted by molar-refractivity contribution is 7.13. The molecule has 3 aromatic heterocycles. The number of likely N-dealkylation sites (tertiary alicyclic amines) is 2. The number of aromatic hydroxyl groups is 1. The lowest BCUT2D eigenvalue weighted by molar-refractivity contribution is -0.144. The lowest BCUT2D eigenvalue weighted by Gasteiger charge is -2.43. The highest BCUT2D eigenvalue weighted by Gasteiger charge is 2.45. The number of fused-ring (bicyclic) bond motifs is 2. The molecule has 5 aliphatic rings. The number of nitrogens with zero attached hydrogens (tertiary/aromatic N) is 8. The van der Waals surface area contributed by atoms with Crippen molar-refractivity contribution in [3.63, 3.8) is 0 Å². The van der Waals surface area contributed by atoms with Gasteiger partial charge in [0.15, 0.2) is 5.82 Å². The standard InChI is InChI=1S/C57H73N11O8S/c1-34(36-10-12-37(13-11-36)52-35(2)60-33-77-52)61-55(72)48-25-41(69)31-67(48)56(73)53(57(3,4)5)62-50(71)32-74-23-22-65-20-17-42(18-21-65)75-43-26-44(27-43)76-51-24-38(16-19-59-51)68-39-14-15-40(68)30-66(29-39)47-28-46(63-64-54(47)58)45-8-6-7-9-49(45)70/h6-13,16,19,24,28,33-34,39-44,48,53,69-70H,14-15,17-18,20-23,25-27,29-32H2,1-5H3,(H2,58,64)(H,61,72)(H,62,71)/t34-,39?,40?,41+,43?,44?,48-,53+/m0/s1. The molecule has 4 saturated heterocycles. The first-order valence-corrected chi connectivity index (χ1v) is 28.0. The molecular weight excluding hydrogens is 999 g/mol. The minimum Gasteiger partial charge on any atom is -0.507 e. The highest BCUT2D eigenvalue weighted by atomic mass is 32.1. The third kappa shape index (κ3) is 12.5. The van der Waals surface area contributed by atoms with Crippen LogP contribution in [-0.4, -0.2) is 159 Å². The van der Waals surface area contributed by atoms with Crippen LogP contribution in [-0.2, 0) is 23.9 Å². The number of aryl methyl sites for hydroxylation is 1. The number of para-hydroxylation sites is 1. The average molecular weight is 1070 g/mol. The number of hydrogen-bond acceptors (Lipinski definition) is 17. The number of piperidine rings is 1. The lowest BCUT2D eigenvalue weighted by Crippen LogP contribution is -2.58. The number of piperazine rings is 1. The van der Waals surface area contributed by atoms with Gasteiger partial charge in [-0.1, -0.05) is 57.2 Å². The van der Waals surface area contributed by atoms with Gasteiger partial charge < -0.3 is 60.4 Å². The Morgan fingerprint density at radius 2 is 1.62 bits per heavy atom. The zero-order chi connectivity index (χ0) is 54.0. The molecule has 77 heavy (non-hydrogen) atoms. The van der Waals surface area contributed by atoms with E-state index in [0.29, 0.717) is 36.1 Å². The Morgan fingerprint density at radius 1 is 0.883 bits per heavy atom. The Bertz CT molecular complexity index is 2860. The minimum absolute atomic E-state index is 0.00447. The molecule has 1 aliphatic carbocycles. The maximum Gasteiger partial charge on any atom is 0.246 e. The van der Waals surface area contributed by atoms with E-state index in [9.17, 15) is 24.6 Å². The smallest absolute Gasteiger partial charge is 0.246 e. The SMILES string of the molecule is Cc1ncsc1-c1ccc([C@H](C)NC(=O)[C@@H]2C[C@@H](O)CN2C(=O)[C@@H](NC(=O)COCCN2CCC(OC3CC(Oc4cc(N5C6CCC5CN(c5cc(-c7ccccc7O)nnc5N)C6)ccn4)C3)CC2)C(C)(C)C)cc1. The first-order chi connectivity index (χ1) is 37.0. The van der Waals surface area contributed by atoms with E-state index in [1.165, 1.54) is 4.90 Å². The van der Waals surface area contributed by atoms with Gasteiger partial charge in [0, 0.05) is 94.1 Å². The van der Waals surface area contributed by atoms with Gasteiger partial charge in [-0.25, -0.2) is 9.97 Å². The van der Waals surface area contributed by atoms with Crippen molar-refractivity contribution < 1.29 is 38.8 Å². The number of carbonyl (C=O) groups excluding carboxylic acids is 3. The predicted molar refractivity (Wildman–Crippen MR) is 294 cm³/mol. The van der Waals surface area contributed by atoms with E-state index in [1.54, 1.807) is 23.5 Å². The van der Waals surface area contributed by atoms with Crippen molar-refractivity contribution in [2.75, 3.05) is 68.0 Å². The lowest BCUT2D eigenvalue weighted by atomic mass is 9.85. The van der Waals surface area contributed by atoms with Gasteiger partial charge in [0.25, 0.3) is 0 Å². The van der Waals surface area contributed by atoms with Crippen LogP contribution in [0.15, 0.2) is 78.4 Å². The second-order valence-corrected chi connectivity index (χ2v) is 23.4. The molecule has 6 N–H and O–H groups in total. The molecule has 4 aliphatic heterocycles. The highest BCUT2D eigenvalue weighted by Crippen LogP contribution is 2.40. The number of nitrogen functional groups attached to an aromatic ring is 1. The molecule has 5 fully saturated rings. The van der Waals surface area contributed by atoms with Crippen LogP contribution in [0.3, 0.4) is 0 Å². The number of nitrogens with one attached hydrogen (secondary N) is 2. The molecule has 2 bridgehead atoms. The fraction of sp³-hybridized carbons (Fsp3) is 0.526. The molecule has 410 valence electrons. The van der Waals surface area contributed by atoms with Crippen molar-refractivity contribution >= 4 is 46.3 Å². The molecule has 7 heterocycles. The maximum atomic E-state index is 14.2. The van der Waals surface area contributed by atoms with Crippen LogP contribution in [0.1, 0.15) is 89.9 Å². The van der Waals surface area contributed by atoms with Crippen molar-refractivity contribution in [3.8, 4) is 33.3 Å². The van der Waals surface area contributed by atoms with E-state index in [0.717, 1.165) is 97.8 Å². The Balaban J connectivity index is 0.622. The molecule has 10 rings (SSSR count). The molecule has 6 atom stereocenters. The molecule has 2 unspecified atom stereocenters. The van der Waals surface area contributed by atoms with Crippen molar-refractivity contribution in [1.82, 2.24) is 40.6 Å². The number of benzene rings is 2. The van der Waals surface area contributed by atoms with Gasteiger partial charge in [-0.05, 0) is 80.3 Å². The number of aliphatic hydroxyl groups excluding tert-OH is 1. The number of ether oxygens (including phenoxy) is 3. The normalized spacial score (nSPS) is 23.6. The Labute approximate surface area is 454 Å². The topological polar surface area (TPSA) is 234 Å². The molecule has 5 aromatic rings. The van der Waals surface area contributed by atoms with E-state index in [2.05, 4.69) is 57.6 Å². The van der Waals surface area contributed by atoms with Crippen LogP contribution in [0.4, 0.5) is 17.2 Å². The summed E-state index contributed by atoms with van der Waals surface area (Å²) in [7, 11) is 0. The summed E-state index contributed by atoms with van der Waals surface area (Å²) in [5, 5.41) is 35.6. The number of thiazole rings is 1. The number of rotatable bonds is 18. The molecule has 0 spiro atoms. The number of anilines is 3. The molecule has 19 nitrogen and oxygen atoms in total. The van der Waals surface area contributed by atoms with Gasteiger partial charge in [0.1, 0.15) is 30.5 Å². The molecule has 2 aromatic carbocycles. The van der Waals surface area contributed by atoms with Gasteiger partial charge in [-0.2, -0.15) is 0 Å². The number of phenols is 1. The van der Waals surface area contributed by atoms with Crippen molar-refractivity contribution in [2.45, 2.75) is 134 Å². The second kappa shape index (κ2) is 23.3. The zero-order valence-electron chi connectivity index (χ0n) is 44.7. The number of β-amino-alcohol motifs (C(OH)–C–C–N with tert-alkyl or cyclic N) is 1. The summed E-state index contributed by atoms with van der Waals surface area (Å²) < 4.78 is 18.8.